The minimum Gasteiger partial charge on any atom is -0.457 e. The number of Topliss-reactive ketones (excluding diaryl/α,β-unsaturated/α-hetero) is 1. The van der Waals surface area contributed by atoms with Crippen molar-refractivity contribution in [2.45, 2.75) is 50.5 Å². The highest BCUT2D eigenvalue weighted by Gasteiger charge is 2.57. The van der Waals surface area contributed by atoms with Crippen molar-refractivity contribution in [2.24, 2.45) is 17.3 Å². The van der Waals surface area contributed by atoms with Gasteiger partial charge in [-0.05, 0) is 74.0 Å². The summed E-state index contributed by atoms with van der Waals surface area (Å²) in [6, 6.07) is 4.96. The van der Waals surface area contributed by atoms with Crippen LogP contribution < -0.4 is 9.47 Å². The summed E-state index contributed by atoms with van der Waals surface area (Å²) in [4.78, 5) is 24.8. The monoisotopic (exact) mass is 372 g/mol. The Balaban J connectivity index is 1.20. The second-order valence-corrected chi connectivity index (χ2v) is 9.01. The summed E-state index contributed by atoms with van der Waals surface area (Å²) < 4.78 is 15.8. The molecule has 0 spiro atoms. The topological polar surface area (TPSA) is 82.1 Å². The van der Waals surface area contributed by atoms with Gasteiger partial charge in [0.05, 0.1) is 12.0 Å². The van der Waals surface area contributed by atoms with Gasteiger partial charge in [-0.2, -0.15) is 0 Å². The van der Waals surface area contributed by atoms with E-state index in [0.29, 0.717) is 41.7 Å². The summed E-state index contributed by atoms with van der Waals surface area (Å²) in [7, 11) is 0. The molecule has 4 aliphatic carbocycles. The zero-order valence-corrected chi connectivity index (χ0v) is 15.2. The molecule has 1 aromatic carbocycles. The number of hydrogen-bond acceptors (Lipinski definition) is 6. The van der Waals surface area contributed by atoms with Crippen LogP contribution in [0.4, 0.5) is 0 Å². The number of aliphatic hydroxyl groups is 1. The molecule has 4 saturated carbocycles. The number of fused-ring (bicyclic) bond motifs is 1. The van der Waals surface area contributed by atoms with E-state index in [0.717, 1.165) is 25.7 Å². The molecule has 4 bridgehead atoms. The molecule has 1 aliphatic heterocycles. The quantitative estimate of drug-likeness (QED) is 0.632. The zero-order chi connectivity index (χ0) is 18.6. The van der Waals surface area contributed by atoms with E-state index in [9.17, 15) is 14.7 Å². The third kappa shape index (κ3) is 3.10. The van der Waals surface area contributed by atoms with Gasteiger partial charge >= 0.3 is 5.97 Å². The Bertz CT molecular complexity index is 786. The summed E-state index contributed by atoms with van der Waals surface area (Å²) >= 11 is 0. The molecule has 5 aliphatic rings. The number of rotatable bonds is 5. The molecule has 4 fully saturated rings. The number of ketones is 1. The molecular weight excluding hydrogens is 348 g/mol. The van der Waals surface area contributed by atoms with Gasteiger partial charge in [-0.25, -0.2) is 0 Å². The number of esters is 1. The van der Waals surface area contributed by atoms with Crippen LogP contribution in [0.1, 0.15) is 55.3 Å². The van der Waals surface area contributed by atoms with Crippen LogP contribution in [0, 0.1) is 17.3 Å². The van der Waals surface area contributed by atoms with Crippen molar-refractivity contribution in [1.29, 1.82) is 0 Å². The van der Waals surface area contributed by atoms with Gasteiger partial charge in [-0.3, -0.25) is 9.59 Å². The number of ether oxygens (including phenoxy) is 3. The number of benzene rings is 1. The Hall–Kier alpha value is -2.08. The summed E-state index contributed by atoms with van der Waals surface area (Å²) in [5.41, 5.74) is -0.291. The predicted molar refractivity (Wildman–Crippen MR) is 94.5 cm³/mol. The normalized spacial score (nSPS) is 35.3. The molecule has 1 heterocycles. The second-order valence-electron chi connectivity index (χ2n) is 9.01. The van der Waals surface area contributed by atoms with Crippen molar-refractivity contribution < 1.29 is 28.9 Å². The molecule has 1 aromatic rings. The largest absolute Gasteiger partial charge is 0.457 e. The maximum absolute atomic E-state index is 12.5. The van der Waals surface area contributed by atoms with Crippen molar-refractivity contribution in [3.63, 3.8) is 0 Å². The van der Waals surface area contributed by atoms with E-state index in [-0.39, 0.29) is 30.6 Å². The van der Waals surface area contributed by atoms with E-state index in [1.807, 2.05) is 0 Å². The lowest BCUT2D eigenvalue weighted by molar-refractivity contribution is -0.176. The second kappa shape index (κ2) is 5.96. The third-order valence-corrected chi connectivity index (χ3v) is 6.73. The lowest BCUT2D eigenvalue weighted by Crippen LogP contribution is -2.56. The Morgan fingerprint density at radius 1 is 1.11 bits per heavy atom. The van der Waals surface area contributed by atoms with Gasteiger partial charge in [0.1, 0.15) is 0 Å². The number of hydrogen-bond donors (Lipinski definition) is 1. The van der Waals surface area contributed by atoms with Crippen LogP contribution in [0.3, 0.4) is 0 Å². The fraction of sp³-hybridized carbons (Fsp3) is 0.619. The smallest absolute Gasteiger partial charge is 0.306 e. The molecule has 2 unspecified atom stereocenters. The Morgan fingerprint density at radius 2 is 1.85 bits per heavy atom. The number of carbonyl (C=O) groups is 2. The standard InChI is InChI=1S/C21H24O6/c22-16(15-1-2-17-18(4-15)27-12-26-17)10-25-19(23)9-20-5-13-3-14(6-20)8-21(24,7-13)11-20/h1-2,4,13-14,24H,3,5-12H2/t13-,14+,20?,21?. The van der Waals surface area contributed by atoms with Crippen LogP contribution in [0.25, 0.3) is 0 Å². The Morgan fingerprint density at radius 3 is 2.59 bits per heavy atom. The lowest BCUT2D eigenvalue weighted by Gasteiger charge is -2.60. The van der Waals surface area contributed by atoms with Crippen molar-refractivity contribution in [3.05, 3.63) is 23.8 Å². The zero-order valence-electron chi connectivity index (χ0n) is 15.2. The van der Waals surface area contributed by atoms with Gasteiger partial charge in [-0.1, -0.05) is 0 Å². The molecule has 6 rings (SSSR count). The summed E-state index contributed by atoms with van der Waals surface area (Å²) in [5, 5.41) is 10.8. The summed E-state index contributed by atoms with van der Waals surface area (Å²) in [6.45, 7) is -0.121. The first-order valence-electron chi connectivity index (χ1n) is 9.73. The highest BCUT2D eigenvalue weighted by atomic mass is 16.7. The fourth-order valence-electron chi connectivity index (χ4n) is 6.27. The molecule has 6 nitrogen and oxygen atoms in total. The lowest BCUT2D eigenvalue weighted by atomic mass is 9.47. The van der Waals surface area contributed by atoms with Crippen molar-refractivity contribution in [3.8, 4) is 11.5 Å². The van der Waals surface area contributed by atoms with E-state index >= 15 is 0 Å². The number of carbonyl (C=O) groups excluding carboxylic acids is 2. The molecule has 27 heavy (non-hydrogen) atoms. The molecule has 0 amide bonds. The third-order valence-electron chi connectivity index (χ3n) is 6.73. The van der Waals surface area contributed by atoms with Crippen LogP contribution in [-0.2, 0) is 9.53 Å². The van der Waals surface area contributed by atoms with Gasteiger partial charge in [0.2, 0.25) is 6.79 Å². The Labute approximate surface area is 157 Å². The molecular formula is C21H24O6. The van der Waals surface area contributed by atoms with Crippen LogP contribution in [0.2, 0.25) is 0 Å². The maximum Gasteiger partial charge on any atom is 0.306 e. The maximum atomic E-state index is 12.5. The van der Waals surface area contributed by atoms with Crippen molar-refractivity contribution >= 4 is 11.8 Å². The molecule has 0 aromatic heterocycles. The molecule has 4 atom stereocenters. The first kappa shape index (κ1) is 17.0. The molecule has 144 valence electrons. The average molecular weight is 372 g/mol. The van der Waals surface area contributed by atoms with Crippen LogP contribution >= 0.6 is 0 Å². The van der Waals surface area contributed by atoms with Gasteiger partial charge in [0.15, 0.2) is 23.9 Å². The minimum atomic E-state index is -0.591. The first-order chi connectivity index (χ1) is 12.9. The van der Waals surface area contributed by atoms with E-state index < -0.39 is 5.60 Å². The van der Waals surface area contributed by atoms with E-state index in [4.69, 9.17) is 14.2 Å². The SMILES string of the molecule is O=C(CC12C[C@@H]3C[C@@H](CC(O)(C3)C1)C2)OCC(=O)c1ccc2c(c1)OCO2. The van der Waals surface area contributed by atoms with E-state index in [1.165, 1.54) is 6.42 Å². The molecule has 6 heteroatoms. The minimum absolute atomic E-state index is 0.141. The highest BCUT2D eigenvalue weighted by Crippen LogP contribution is 2.62. The van der Waals surface area contributed by atoms with Gasteiger partial charge < -0.3 is 19.3 Å². The Kier molecular flexibility index (Phi) is 3.76. The predicted octanol–water partition coefficient (Wildman–Crippen LogP) is 2.86. The van der Waals surface area contributed by atoms with E-state index in [1.54, 1.807) is 18.2 Å². The van der Waals surface area contributed by atoms with Crippen LogP contribution in [0.5, 0.6) is 11.5 Å². The average Bonchev–Trinajstić information content (AvgIpc) is 3.04. The summed E-state index contributed by atoms with van der Waals surface area (Å²) in [6.07, 6.45) is 5.93. The first-order valence-corrected chi connectivity index (χ1v) is 9.73. The highest BCUT2D eigenvalue weighted by molar-refractivity contribution is 5.98. The van der Waals surface area contributed by atoms with E-state index in [2.05, 4.69) is 0 Å². The van der Waals surface area contributed by atoms with Crippen LogP contribution in [0.15, 0.2) is 18.2 Å². The van der Waals surface area contributed by atoms with Gasteiger partial charge in [0, 0.05) is 5.56 Å². The molecule has 0 radical (unpaired) electrons. The van der Waals surface area contributed by atoms with Crippen molar-refractivity contribution in [2.75, 3.05) is 13.4 Å². The summed E-state index contributed by atoms with van der Waals surface area (Å²) in [5.74, 6) is 1.61. The fourth-order valence-corrected chi connectivity index (χ4v) is 6.27. The molecule has 0 saturated heterocycles. The van der Waals surface area contributed by atoms with Gasteiger partial charge in [-0.15, -0.1) is 0 Å². The molecule has 1 N–H and O–H groups in total. The van der Waals surface area contributed by atoms with Gasteiger partial charge in [0.25, 0.3) is 0 Å². The van der Waals surface area contributed by atoms with Crippen LogP contribution in [-0.4, -0.2) is 35.9 Å². The van der Waals surface area contributed by atoms with Crippen molar-refractivity contribution in [1.82, 2.24) is 0 Å².